The van der Waals surface area contributed by atoms with Crippen LogP contribution in [0.1, 0.15) is 37.2 Å². The summed E-state index contributed by atoms with van der Waals surface area (Å²) in [6.07, 6.45) is 0.757. The van der Waals surface area contributed by atoms with Crippen molar-refractivity contribution in [3.63, 3.8) is 0 Å². The van der Waals surface area contributed by atoms with E-state index in [-0.39, 0.29) is 17.4 Å². The summed E-state index contributed by atoms with van der Waals surface area (Å²) >= 11 is 1.44. The van der Waals surface area contributed by atoms with Crippen molar-refractivity contribution >= 4 is 28.2 Å². The summed E-state index contributed by atoms with van der Waals surface area (Å²) in [7, 11) is 0. The SMILES string of the molecule is Cc1cc(C(=O)Nc2nc3c(s2)CN(CC(=O)c2ccccc2)CC3)no1. The van der Waals surface area contributed by atoms with Crippen LogP contribution in [0.2, 0.25) is 0 Å². The largest absolute Gasteiger partial charge is 0.361 e. The molecule has 3 aromatic rings. The van der Waals surface area contributed by atoms with Crippen LogP contribution in [-0.4, -0.2) is 39.8 Å². The van der Waals surface area contributed by atoms with Crippen LogP contribution in [0.3, 0.4) is 0 Å². The third-order valence-electron chi connectivity index (χ3n) is 4.35. The minimum Gasteiger partial charge on any atom is -0.361 e. The number of nitrogens with one attached hydrogen (secondary N) is 1. The molecule has 0 bridgehead atoms. The van der Waals surface area contributed by atoms with Crippen molar-refractivity contribution in [1.29, 1.82) is 0 Å². The van der Waals surface area contributed by atoms with Gasteiger partial charge in [0.25, 0.3) is 5.91 Å². The van der Waals surface area contributed by atoms with Gasteiger partial charge in [0.15, 0.2) is 16.6 Å². The van der Waals surface area contributed by atoms with Crippen LogP contribution in [-0.2, 0) is 13.0 Å². The van der Waals surface area contributed by atoms with E-state index in [2.05, 4.69) is 20.4 Å². The Kier molecular flexibility index (Phi) is 4.83. The van der Waals surface area contributed by atoms with E-state index in [9.17, 15) is 9.59 Å². The topological polar surface area (TPSA) is 88.3 Å². The van der Waals surface area contributed by atoms with Gasteiger partial charge >= 0.3 is 0 Å². The predicted octanol–water partition coefficient (Wildman–Crippen LogP) is 2.93. The summed E-state index contributed by atoms with van der Waals surface area (Å²) in [5, 5.41) is 7.03. The molecule has 138 valence electrons. The van der Waals surface area contributed by atoms with E-state index in [0.29, 0.717) is 24.0 Å². The van der Waals surface area contributed by atoms with Gasteiger partial charge in [-0.3, -0.25) is 19.8 Å². The van der Waals surface area contributed by atoms with Crippen LogP contribution < -0.4 is 5.32 Å². The highest BCUT2D eigenvalue weighted by atomic mass is 32.1. The fourth-order valence-electron chi connectivity index (χ4n) is 2.99. The van der Waals surface area contributed by atoms with Gasteiger partial charge in [0.2, 0.25) is 0 Å². The quantitative estimate of drug-likeness (QED) is 0.683. The first kappa shape index (κ1) is 17.6. The van der Waals surface area contributed by atoms with Crippen LogP contribution >= 0.6 is 11.3 Å². The van der Waals surface area contributed by atoms with Crippen LogP contribution in [0, 0.1) is 6.92 Å². The molecule has 0 atom stereocenters. The summed E-state index contributed by atoms with van der Waals surface area (Å²) in [4.78, 5) is 32.3. The number of carbonyl (C=O) groups excluding carboxylic acids is 2. The number of ketones is 1. The van der Waals surface area contributed by atoms with Gasteiger partial charge in [-0.15, -0.1) is 11.3 Å². The highest BCUT2D eigenvalue weighted by Crippen LogP contribution is 2.28. The van der Waals surface area contributed by atoms with Crippen LogP contribution in [0.15, 0.2) is 40.9 Å². The molecule has 2 aromatic heterocycles. The predicted molar refractivity (Wildman–Crippen MR) is 101 cm³/mol. The molecule has 0 unspecified atom stereocenters. The summed E-state index contributed by atoms with van der Waals surface area (Å²) in [5.41, 5.74) is 1.94. The van der Waals surface area contributed by atoms with Crippen molar-refractivity contribution in [2.75, 3.05) is 18.4 Å². The van der Waals surface area contributed by atoms with E-state index in [1.165, 1.54) is 11.3 Å². The number of rotatable bonds is 5. The molecule has 0 radical (unpaired) electrons. The normalized spacial score (nSPS) is 14.0. The summed E-state index contributed by atoms with van der Waals surface area (Å²) < 4.78 is 4.93. The molecule has 1 N–H and O–H groups in total. The molecule has 0 fully saturated rings. The van der Waals surface area contributed by atoms with Crippen LogP contribution in [0.25, 0.3) is 0 Å². The number of Topliss-reactive ketones (excluding diaryl/α,β-unsaturated/α-hetero) is 1. The number of nitrogens with zero attached hydrogens (tertiary/aromatic N) is 3. The second-order valence-electron chi connectivity index (χ2n) is 6.42. The monoisotopic (exact) mass is 382 g/mol. The lowest BCUT2D eigenvalue weighted by molar-refractivity contribution is 0.0921. The Morgan fingerprint density at radius 2 is 2.11 bits per heavy atom. The van der Waals surface area contributed by atoms with Crippen LogP contribution in [0.4, 0.5) is 5.13 Å². The zero-order valence-corrected chi connectivity index (χ0v) is 15.6. The average Bonchev–Trinajstić information content (AvgIpc) is 3.27. The number of fused-ring (bicyclic) bond motifs is 1. The maximum atomic E-state index is 12.4. The Bertz CT molecular complexity index is 980. The number of thiazole rings is 1. The first-order valence-electron chi connectivity index (χ1n) is 8.62. The molecule has 0 aliphatic carbocycles. The highest BCUT2D eigenvalue weighted by molar-refractivity contribution is 7.15. The molecule has 0 saturated heterocycles. The second kappa shape index (κ2) is 7.42. The van der Waals surface area contributed by atoms with E-state index in [1.54, 1.807) is 13.0 Å². The number of amides is 1. The first-order valence-corrected chi connectivity index (χ1v) is 9.44. The molecular formula is C19H18N4O3S. The number of hydrogen-bond acceptors (Lipinski definition) is 7. The summed E-state index contributed by atoms with van der Waals surface area (Å²) in [6, 6.07) is 10.9. The van der Waals surface area contributed by atoms with Gasteiger partial charge in [-0.2, -0.15) is 0 Å². The molecule has 1 amide bonds. The zero-order valence-electron chi connectivity index (χ0n) is 14.8. The minimum absolute atomic E-state index is 0.110. The van der Waals surface area contributed by atoms with E-state index in [0.717, 1.165) is 29.1 Å². The average molecular weight is 382 g/mol. The number of aryl methyl sites for hydroxylation is 1. The fourth-order valence-corrected chi connectivity index (χ4v) is 4.04. The van der Waals surface area contributed by atoms with Gasteiger partial charge < -0.3 is 4.52 Å². The lowest BCUT2D eigenvalue weighted by Gasteiger charge is -2.24. The maximum absolute atomic E-state index is 12.4. The van der Waals surface area contributed by atoms with Crippen molar-refractivity contribution in [3.05, 3.63) is 64.0 Å². The van der Waals surface area contributed by atoms with E-state index >= 15 is 0 Å². The third kappa shape index (κ3) is 3.96. The Hall–Kier alpha value is -2.84. The van der Waals surface area contributed by atoms with Gasteiger partial charge in [-0.05, 0) is 6.92 Å². The minimum atomic E-state index is -0.339. The third-order valence-corrected chi connectivity index (χ3v) is 5.35. The Morgan fingerprint density at radius 1 is 1.30 bits per heavy atom. The Balaban J connectivity index is 1.40. The van der Waals surface area contributed by atoms with Crippen molar-refractivity contribution in [3.8, 4) is 0 Å². The van der Waals surface area contributed by atoms with Crippen molar-refractivity contribution in [1.82, 2.24) is 15.0 Å². The van der Waals surface area contributed by atoms with Crippen molar-refractivity contribution in [2.45, 2.75) is 19.9 Å². The lowest BCUT2D eigenvalue weighted by atomic mass is 10.1. The number of hydrogen-bond donors (Lipinski definition) is 1. The second-order valence-corrected chi connectivity index (χ2v) is 7.50. The van der Waals surface area contributed by atoms with Gasteiger partial charge in [-0.1, -0.05) is 35.5 Å². The molecule has 8 heteroatoms. The molecule has 1 aliphatic rings. The van der Waals surface area contributed by atoms with Gasteiger partial charge in [0.1, 0.15) is 5.76 Å². The summed E-state index contributed by atoms with van der Waals surface area (Å²) in [5.74, 6) is 0.352. The number of aromatic nitrogens is 2. The van der Waals surface area contributed by atoms with E-state index < -0.39 is 0 Å². The molecule has 3 heterocycles. The van der Waals surface area contributed by atoms with Crippen LogP contribution in [0.5, 0.6) is 0 Å². The lowest BCUT2D eigenvalue weighted by Crippen LogP contribution is -2.34. The fraction of sp³-hybridized carbons (Fsp3) is 0.263. The van der Waals surface area contributed by atoms with Gasteiger partial charge in [0, 0.05) is 36.0 Å². The zero-order chi connectivity index (χ0) is 18.8. The molecule has 0 saturated carbocycles. The molecule has 0 spiro atoms. The number of anilines is 1. The van der Waals surface area contributed by atoms with Gasteiger partial charge in [-0.25, -0.2) is 4.98 Å². The maximum Gasteiger partial charge on any atom is 0.279 e. The van der Waals surface area contributed by atoms with Crippen molar-refractivity contribution in [2.24, 2.45) is 0 Å². The van der Waals surface area contributed by atoms with E-state index in [1.807, 2.05) is 30.3 Å². The highest BCUT2D eigenvalue weighted by Gasteiger charge is 2.23. The smallest absolute Gasteiger partial charge is 0.279 e. The first-order chi connectivity index (χ1) is 13.1. The molecule has 1 aromatic carbocycles. The van der Waals surface area contributed by atoms with E-state index in [4.69, 9.17) is 4.52 Å². The number of carbonyl (C=O) groups is 2. The number of benzene rings is 1. The Morgan fingerprint density at radius 3 is 2.85 bits per heavy atom. The molecule has 27 heavy (non-hydrogen) atoms. The standard InChI is InChI=1S/C19H18N4O3S/c1-12-9-15(22-26-12)18(25)21-19-20-14-7-8-23(11-17(14)27-19)10-16(24)13-5-3-2-4-6-13/h2-6,9H,7-8,10-11H2,1H3,(H,20,21,25). The summed E-state index contributed by atoms with van der Waals surface area (Å²) in [6.45, 7) is 3.54. The molecule has 1 aliphatic heterocycles. The molecular weight excluding hydrogens is 364 g/mol. The van der Waals surface area contributed by atoms with Gasteiger partial charge in [0.05, 0.1) is 12.2 Å². The van der Waals surface area contributed by atoms with Crippen molar-refractivity contribution < 1.29 is 14.1 Å². The molecule has 7 nitrogen and oxygen atoms in total. The Labute approximate surface area is 160 Å². The molecule has 4 rings (SSSR count).